The summed E-state index contributed by atoms with van der Waals surface area (Å²) < 4.78 is 14.7. The third-order valence-corrected chi connectivity index (χ3v) is 4.53. The second-order valence-electron chi connectivity index (χ2n) is 6.19. The molecule has 0 unspecified atom stereocenters. The van der Waals surface area contributed by atoms with Crippen LogP contribution in [-0.2, 0) is 0 Å². The molecule has 144 valence electrons. The molecule has 2 amide bonds. The monoisotopic (exact) mass is 408 g/mol. The maximum Gasteiger partial charge on any atom is 0.323 e. The van der Waals surface area contributed by atoms with Crippen LogP contribution in [0.25, 0.3) is 16.8 Å². The molecule has 2 aromatic heterocycles. The highest BCUT2D eigenvalue weighted by molar-refractivity contribution is 6.31. The summed E-state index contributed by atoms with van der Waals surface area (Å²) in [6.45, 7) is 0. The number of urea groups is 1. The van der Waals surface area contributed by atoms with Crippen LogP contribution in [0.5, 0.6) is 0 Å². The first kappa shape index (κ1) is 18.6. The van der Waals surface area contributed by atoms with E-state index in [0.29, 0.717) is 28.1 Å². The summed E-state index contributed by atoms with van der Waals surface area (Å²) in [6, 6.07) is 15.5. The Kier molecular flexibility index (Phi) is 4.97. The highest BCUT2D eigenvalue weighted by atomic mass is 35.5. The SMILES string of the molecule is O=C(Nc1ccc(-c2cnc3ccccn3c2=O)cc1)Nc1ccc(F)c(Cl)c1. The Hall–Kier alpha value is -3.71. The van der Waals surface area contributed by atoms with Crippen molar-refractivity contribution in [2.75, 3.05) is 10.6 Å². The van der Waals surface area contributed by atoms with E-state index in [-0.39, 0.29) is 10.6 Å². The van der Waals surface area contributed by atoms with E-state index in [1.807, 2.05) is 6.07 Å². The topological polar surface area (TPSA) is 75.5 Å². The lowest BCUT2D eigenvalue weighted by molar-refractivity contribution is 0.262. The van der Waals surface area contributed by atoms with Crippen molar-refractivity contribution in [2.45, 2.75) is 0 Å². The number of anilines is 2. The molecule has 2 heterocycles. The maximum atomic E-state index is 13.2. The number of amides is 2. The van der Waals surface area contributed by atoms with E-state index in [4.69, 9.17) is 11.6 Å². The summed E-state index contributed by atoms with van der Waals surface area (Å²) >= 11 is 5.70. The number of carbonyl (C=O) groups is 1. The Morgan fingerprint density at radius 1 is 1.00 bits per heavy atom. The van der Waals surface area contributed by atoms with Gasteiger partial charge in [-0.2, -0.15) is 0 Å². The van der Waals surface area contributed by atoms with Gasteiger partial charge in [0.05, 0.1) is 10.6 Å². The van der Waals surface area contributed by atoms with Gasteiger partial charge < -0.3 is 10.6 Å². The molecule has 0 fully saturated rings. The molecule has 0 aliphatic heterocycles. The number of nitrogens with zero attached hydrogens (tertiary/aromatic N) is 2. The van der Waals surface area contributed by atoms with Gasteiger partial charge in [-0.1, -0.05) is 29.8 Å². The molecular formula is C21H14ClFN4O2. The van der Waals surface area contributed by atoms with E-state index in [1.165, 1.54) is 28.8 Å². The summed E-state index contributed by atoms with van der Waals surface area (Å²) in [4.78, 5) is 29.1. The molecular weight excluding hydrogens is 395 g/mol. The smallest absolute Gasteiger partial charge is 0.308 e. The highest BCUT2D eigenvalue weighted by Crippen LogP contribution is 2.21. The first-order valence-corrected chi connectivity index (χ1v) is 8.99. The summed E-state index contributed by atoms with van der Waals surface area (Å²) in [6.07, 6.45) is 3.20. The molecule has 0 atom stereocenters. The largest absolute Gasteiger partial charge is 0.323 e. The summed E-state index contributed by atoms with van der Waals surface area (Å²) in [5, 5.41) is 5.15. The van der Waals surface area contributed by atoms with Gasteiger partial charge in [0.2, 0.25) is 0 Å². The molecule has 0 radical (unpaired) electrons. The molecule has 0 aliphatic carbocycles. The zero-order chi connectivity index (χ0) is 20.4. The number of rotatable bonds is 3. The molecule has 4 rings (SSSR count). The minimum Gasteiger partial charge on any atom is -0.308 e. The molecule has 2 aromatic carbocycles. The van der Waals surface area contributed by atoms with Gasteiger partial charge in [0.15, 0.2) is 0 Å². The number of nitrogens with one attached hydrogen (secondary N) is 2. The van der Waals surface area contributed by atoms with Crippen LogP contribution in [0.3, 0.4) is 0 Å². The predicted octanol–water partition coefficient (Wildman–Crippen LogP) is 4.80. The second-order valence-corrected chi connectivity index (χ2v) is 6.60. The Morgan fingerprint density at radius 2 is 1.72 bits per heavy atom. The average Bonchev–Trinajstić information content (AvgIpc) is 2.72. The van der Waals surface area contributed by atoms with Crippen molar-refractivity contribution in [3.8, 4) is 11.1 Å². The highest BCUT2D eigenvalue weighted by Gasteiger charge is 2.09. The average molecular weight is 409 g/mol. The second kappa shape index (κ2) is 7.73. The summed E-state index contributed by atoms with van der Waals surface area (Å²) in [5.41, 5.74) is 2.40. The third kappa shape index (κ3) is 3.95. The van der Waals surface area contributed by atoms with Gasteiger partial charge >= 0.3 is 6.03 Å². The van der Waals surface area contributed by atoms with Gasteiger partial charge in [-0.3, -0.25) is 9.20 Å². The quantitative estimate of drug-likeness (QED) is 0.511. The molecule has 6 nitrogen and oxygen atoms in total. The van der Waals surface area contributed by atoms with Crippen molar-refractivity contribution in [1.82, 2.24) is 9.38 Å². The van der Waals surface area contributed by atoms with Crippen molar-refractivity contribution in [3.05, 3.63) is 94.3 Å². The van der Waals surface area contributed by atoms with Crippen LogP contribution >= 0.6 is 11.6 Å². The number of hydrogen-bond donors (Lipinski definition) is 2. The normalized spacial score (nSPS) is 10.7. The minimum atomic E-state index is -0.563. The van der Waals surface area contributed by atoms with Gasteiger partial charge in [-0.05, 0) is 48.0 Å². The van der Waals surface area contributed by atoms with E-state index in [0.717, 1.165) is 0 Å². The third-order valence-electron chi connectivity index (χ3n) is 4.24. The molecule has 0 bridgehead atoms. The van der Waals surface area contributed by atoms with Crippen LogP contribution in [0.1, 0.15) is 0 Å². The minimum absolute atomic E-state index is 0.0811. The molecule has 29 heavy (non-hydrogen) atoms. The van der Waals surface area contributed by atoms with Crippen LogP contribution in [0.4, 0.5) is 20.6 Å². The van der Waals surface area contributed by atoms with Crippen molar-refractivity contribution in [3.63, 3.8) is 0 Å². The fourth-order valence-corrected chi connectivity index (χ4v) is 3.01. The van der Waals surface area contributed by atoms with Crippen LogP contribution in [0.2, 0.25) is 5.02 Å². The number of halogens is 2. The number of pyridine rings is 1. The molecule has 0 spiro atoms. The number of fused-ring (bicyclic) bond motifs is 1. The first-order valence-electron chi connectivity index (χ1n) is 8.61. The van der Waals surface area contributed by atoms with E-state index in [2.05, 4.69) is 15.6 Å². The summed E-state index contributed by atoms with van der Waals surface area (Å²) in [5.74, 6) is -0.563. The van der Waals surface area contributed by atoms with Crippen LogP contribution in [-0.4, -0.2) is 15.4 Å². The predicted molar refractivity (Wildman–Crippen MR) is 111 cm³/mol. The fraction of sp³-hybridized carbons (Fsp3) is 0. The Morgan fingerprint density at radius 3 is 2.48 bits per heavy atom. The standard InChI is InChI=1S/C21H14ClFN4O2/c22-17-11-15(8-9-18(17)23)26-21(29)25-14-6-4-13(5-7-14)16-12-24-19-3-1-2-10-27(19)20(16)28/h1-12H,(H2,25,26,29). The fourth-order valence-electron chi connectivity index (χ4n) is 2.83. The lowest BCUT2D eigenvalue weighted by atomic mass is 10.1. The van der Waals surface area contributed by atoms with Crippen LogP contribution in [0.15, 0.2) is 77.9 Å². The van der Waals surface area contributed by atoms with Gasteiger partial charge in [-0.15, -0.1) is 0 Å². The molecule has 8 heteroatoms. The van der Waals surface area contributed by atoms with E-state index < -0.39 is 11.8 Å². The molecule has 0 aliphatic rings. The van der Waals surface area contributed by atoms with Gasteiger partial charge in [-0.25, -0.2) is 14.2 Å². The molecule has 0 saturated heterocycles. The first-order chi connectivity index (χ1) is 14.0. The molecule has 2 N–H and O–H groups in total. The zero-order valence-corrected chi connectivity index (χ0v) is 15.7. The molecule has 0 saturated carbocycles. The molecule has 4 aromatic rings. The summed E-state index contributed by atoms with van der Waals surface area (Å²) in [7, 11) is 0. The van der Waals surface area contributed by atoms with Crippen molar-refractivity contribution in [1.29, 1.82) is 0 Å². The zero-order valence-electron chi connectivity index (χ0n) is 14.9. The number of carbonyl (C=O) groups excluding carboxylic acids is 1. The Balaban J connectivity index is 1.51. The van der Waals surface area contributed by atoms with E-state index in [1.54, 1.807) is 42.6 Å². The van der Waals surface area contributed by atoms with Crippen molar-refractivity contribution >= 4 is 34.7 Å². The lowest BCUT2D eigenvalue weighted by Gasteiger charge is -2.09. The number of hydrogen-bond acceptors (Lipinski definition) is 3. The van der Waals surface area contributed by atoms with Crippen LogP contribution < -0.4 is 16.2 Å². The van der Waals surface area contributed by atoms with Gasteiger partial charge in [0.25, 0.3) is 5.56 Å². The lowest BCUT2D eigenvalue weighted by Crippen LogP contribution is -2.19. The van der Waals surface area contributed by atoms with Crippen molar-refractivity contribution in [2.24, 2.45) is 0 Å². The maximum absolute atomic E-state index is 13.2. The van der Waals surface area contributed by atoms with Gasteiger partial charge in [0, 0.05) is 23.8 Å². The number of benzene rings is 2. The Bertz CT molecular complexity index is 1270. The van der Waals surface area contributed by atoms with E-state index >= 15 is 0 Å². The Labute approximate surface area is 169 Å². The van der Waals surface area contributed by atoms with Crippen molar-refractivity contribution < 1.29 is 9.18 Å². The number of aromatic nitrogens is 2. The van der Waals surface area contributed by atoms with E-state index in [9.17, 15) is 14.0 Å². The van der Waals surface area contributed by atoms with Gasteiger partial charge in [0.1, 0.15) is 11.5 Å². The van der Waals surface area contributed by atoms with Crippen LogP contribution in [0, 0.1) is 5.82 Å².